The van der Waals surface area contributed by atoms with E-state index >= 15 is 0 Å². The molecule has 0 saturated carbocycles. The largest absolute Gasteiger partial charge is 0.388 e. The number of hydrogen-bond acceptors (Lipinski definition) is 1. The van der Waals surface area contributed by atoms with Gasteiger partial charge in [-0.15, -0.1) is 0 Å². The maximum absolute atomic E-state index is 13.8. The molecular weight excluding hydrogens is 277 g/mol. The van der Waals surface area contributed by atoms with Crippen LogP contribution in [0, 0.1) is 23.4 Å². The van der Waals surface area contributed by atoms with Crippen molar-refractivity contribution in [1.82, 2.24) is 0 Å². The van der Waals surface area contributed by atoms with Gasteiger partial charge in [-0.2, -0.15) is 0 Å². The van der Waals surface area contributed by atoms with Crippen molar-refractivity contribution in [2.24, 2.45) is 5.92 Å². The zero-order valence-electron chi connectivity index (χ0n) is 11.3. The van der Waals surface area contributed by atoms with Gasteiger partial charge < -0.3 is 5.11 Å². The van der Waals surface area contributed by atoms with Crippen molar-refractivity contribution in [3.63, 3.8) is 0 Å². The lowest BCUT2D eigenvalue weighted by atomic mass is 9.79. The Hall–Kier alpha value is -1.81. The highest BCUT2D eigenvalue weighted by molar-refractivity contribution is 5.31. The third kappa shape index (κ3) is 2.56. The predicted molar refractivity (Wildman–Crippen MR) is 73.2 cm³/mol. The molecule has 0 heterocycles. The molecule has 0 aromatic heterocycles. The molecule has 21 heavy (non-hydrogen) atoms. The van der Waals surface area contributed by atoms with Crippen LogP contribution in [0.5, 0.6) is 0 Å². The molecule has 0 saturated heterocycles. The van der Waals surface area contributed by atoms with Crippen molar-refractivity contribution in [2.45, 2.75) is 25.4 Å². The van der Waals surface area contributed by atoms with Crippen LogP contribution in [0.1, 0.15) is 29.2 Å². The molecule has 0 spiro atoms. The van der Waals surface area contributed by atoms with Gasteiger partial charge in [-0.05, 0) is 42.4 Å². The van der Waals surface area contributed by atoms with Gasteiger partial charge in [0.2, 0.25) is 0 Å². The van der Waals surface area contributed by atoms with Crippen LogP contribution < -0.4 is 0 Å². The SMILES string of the molecule is OC(c1ccc(F)c(F)c1F)C1CCc2ccccc2C1. The van der Waals surface area contributed by atoms with Gasteiger partial charge >= 0.3 is 0 Å². The first-order valence-corrected chi connectivity index (χ1v) is 6.96. The molecule has 0 aliphatic heterocycles. The van der Waals surface area contributed by atoms with Crippen molar-refractivity contribution < 1.29 is 18.3 Å². The van der Waals surface area contributed by atoms with E-state index in [0.29, 0.717) is 12.8 Å². The molecule has 2 aromatic carbocycles. The van der Waals surface area contributed by atoms with Crippen molar-refractivity contribution in [3.05, 3.63) is 70.5 Å². The standard InChI is InChI=1S/C17H15F3O/c18-14-8-7-13(15(19)16(14)20)17(21)12-6-5-10-3-1-2-4-11(10)9-12/h1-4,7-8,12,17,21H,5-6,9H2. The molecule has 1 aliphatic carbocycles. The average Bonchev–Trinajstić information content (AvgIpc) is 2.52. The van der Waals surface area contributed by atoms with Gasteiger partial charge in [0.05, 0.1) is 6.10 Å². The lowest BCUT2D eigenvalue weighted by Gasteiger charge is -2.29. The summed E-state index contributed by atoms with van der Waals surface area (Å²) in [7, 11) is 0. The van der Waals surface area contributed by atoms with E-state index in [2.05, 4.69) is 0 Å². The van der Waals surface area contributed by atoms with Gasteiger partial charge in [0.1, 0.15) is 0 Å². The lowest BCUT2D eigenvalue weighted by Crippen LogP contribution is -2.22. The maximum atomic E-state index is 13.8. The van der Waals surface area contributed by atoms with E-state index in [4.69, 9.17) is 0 Å². The van der Waals surface area contributed by atoms with Gasteiger partial charge in [0.25, 0.3) is 0 Å². The zero-order valence-corrected chi connectivity index (χ0v) is 11.3. The van der Waals surface area contributed by atoms with Crippen LogP contribution in [0.25, 0.3) is 0 Å². The number of fused-ring (bicyclic) bond motifs is 1. The maximum Gasteiger partial charge on any atom is 0.194 e. The first-order valence-electron chi connectivity index (χ1n) is 6.96. The second-order valence-corrected chi connectivity index (χ2v) is 5.48. The molecule has 0 fully saturated rings. The Morgan fingerprint density at radius 1 is 0.952 bits per heavy atom. The molecule has 0 amide bonds. The van der Waals surface area contributed by atoms with Gasteiger partial charge in [-0.1, -0.05) is 30.3 Å². The number of halogens is 3. The summed E-state index contributed by atoms with van der Waals surface area (Å²) in [5, 5.41) is 10.3. The summed E-state index contributed by atoms with van der Waals surface area (Å²) < 4.78 is 40.1. The summed E-state index contributed by atoms with van der Waals surface area (Å²) in [5.41, 5.74) is 2.18. The van der Waals surface area contributed by atoms with Gasteiger partial charge in [0, 0.05) is 5.56 Å². The number of aliphatic hydroxyl groups is 1. The normalized spacial score (nSPS) is 19.1. The fraction of sp³-hybridized carbons (Fsp3) is 0.294. The van der Waals surface area contributed by atoms with E-state index in [1.807, 2.05) is 24.3 Å². The summed E-state index contributed by atoms with van der Waals surface area (Å²) in [4.78, 5) is 0. The first kappa shape index (κ1) is 14.1. The van der Waals surface area contributed by atoms with E-state index in [1.54, 1.807) is 0 Å². The predicted octanol–water partition coefficient (Wildman–Crippen LogP) is 3.94. The molecule has 110 valence electrons. The van der Waals surface area contributed by atoms with Crippen molar-refractivity contribution >= 4 is 0 Å². The molecule has 1 aliphatic rings. The molecule has 3 rings (SSSR count). The molecule has 1 nitrogen and oxygen atoms in total. The molecule has 1 N–H and O–H groups in total. The van der Waals surface area contributed by atoms with E-state index < -0.39 is 23.6 Å². The lowest BCUT2D eigenvalue weighted by molar-refractivity contribution is 0.0949. The fourth-order valence-electron chi connectivity index (χ4n) is 3.02. The number of benzene rings is 2. The van der Waals surface area contributed by atoms with Crippen LogP contribution in [-0.4, -0.2) is 5.11 Å². The highest BCUT2D eigenvalue weighted by atomic mass is 19.2. The topological polar surface area (TPSA) is 20.2 Å². The number of aliphatic hydroxyl groups excluding tert-OH is 1. The third-order valence-electron chi connectivity index (χ3n) is 4.22. The Morgan fingerprint density at radius 2 is 1.67 bits per heavy atom. The minimum atomic E-state index is -1.53. The number of hydrogen-bond donors (Lipinski definition) is 1. The minimum Gasteiger partial charge on any atom is -0.388 e. The molecule has 0 bridgehead atoms. The first-order chi connectivity index (χ1) is 10.1. The van der Waals surface area contributed by atoms with Crippen LogP contribution in [0.2, 0.25) is 0 Å². The van der Waals surface area contributed by atoms with E-state index in [9.17, 15) is 18.3 Å². The van der Waals surface area contributed by atoms with Crippen molar-refractivity contribution in [3.8, 4) is 0 Å². The number of aryl methyl sites for hydroxylation is 1. The minimum absolute atomic E-state index is 0.168. The van der Waals surface area contributed by atoms with Gasteiger partial charge in [-0.25, -0.2) is 13.2 Å². The van der Waals surface area contributed by atoms with Crippen LogP contribution >= 0.6 is 0 Å². The molecular formula is C17H15F3O. The van der Waals surface area contributed by atoms with Crippen LogP contribution in [0.4, 0.5) is 13.2 Å². The van der Waals surface area contributed by atoms with Gasteiger partial charge in [-0.3, -0.25) is 0 Å². The fourth-order valence-corrected chi connectivity index (χ4v) is 3.02. The summed E-state index contributed by atoms with van der Waals surface area (Å²) in [6.07, 6.45) is 0.962. The van der Waals surface area contributed by atoms with Crippen molar-refractivity contribution in [1.29, 1.82) is 0 Å². The Kier molecular flexibility index (Phi) is 3.72. The van der Waals surface area contributed by atoms with E-state index in [0.717, 1.165) is 24.1 Å². The second kappa shape index (κ2) is 5.53. The Labute approximate surface area is 121 Å². The molecule has 0 radical (unpaired) electrons. The average molecular weight is 292 g/mol. The molecule has 4 heteroatoms. The Morgan fingerprint density at radius 3 is 2.43 bits per heavy atom. The Bertz CT molecular complexity index is 669. The monoisotopic (exact) mass is 292 g/mol. The van der Waals surface area contributed by atoms with Crippen LogP contribution in [0.15, 0.2) is 36.4 Å². The van der Waals surface area contributed by atoms with Crippen LogP contribution in [0.3, 0.4) is 0 Å². The highest BCUT2D eigenvalue weighted by Gasteiger charge is 2.29. The molecule has 2 unspecified atom stereocenters. The third-order valence-corrected chi connectivity index (χ3v) is 4.22. The van der Waals surface area contributed by atoms with E-state index in [-0.39, 0.29) is 11.5 Å². The summed E-state index contributed by atoms with van der Waals surface area (Å²) in [6, 6.07) is 9.88. The summed E-state index contributed by atoms with van der Waals surface area (Å²) in [6.45, 7) is 0. The summed E-state index contributed by atoms with van der Waals surface area (Å²) in [5.74, 6) is -4.25. The summed E-state index contributed by atoms with van der Waals surface area (Å²) >= 11 is 0. The zero-order chi connectivity index (χ0) is 15.0. The van der Waals surface area contributed by atoms with Crippen LogP contribution in [-0.2, 0) is 12.8 Å². The number of rotatable bonds is 2. The second-order valence-electron chi connectivity index (χ2n) is 5.48. The molecule has 2 aromatic rings. The van der Waals surface area contributed by atoms with Crippen molar-refractivity contribution in [2.75, 3.05) is 0 Å². The van der Waals surface area contributed by atoms with Gasteiger partial charge in [0.15, 0.2) is 17.5 Å². The Balaban J connectivity index is 1.87. The highest BCUT2D eigenvalue weighted by Crippen LogP contribution is 2.35. The smallest absolute Gasteiger partial charge is 0.194 e. The quantitative estimate of drug-likeness (QED) is 0.831. The van der Waals surface area contributed by atoms with E-state index in [1.165, 1.54) is 5.56 Å². The molecule has 2 atom stereocenters.